The number of H-pyrrole nitrogens is 1. The summed E-state index contributed by atoms with van der Waals surface area (Å²) in [5.74, 6) is 0.832. The summed E-state index contributed by atoms with van der Waals surface area (Å²) in [4.78, 5) is 22.5. The number of hydrogen-bond donors (Lipinski definition) is 1. The number of amides is 1. The lowest BCUT2D eigenvalue weighted by Crippen LogP contribution is -2.36. The molecule has 1 aromatic heterocycles. The third-order valence-electron chi connectivity index (χ3n) is 4.22. The van der Waals surface area contributed by atoms with Crippen LogP contribution in [0.1, 0.15) is 51.2 Å². The van der Waals surface area contributed by atoms with Gasteiger partial charge in [-0.15, -0.1) is 0 Å². The lowest BCUT2D eigenvalue weighted by atomic mass is 10.1. The van der Waals surface area contributed by atoms with Crippen molar-refractivity contribution >= 4 is 22.0 Å². The lowest BCUT2D eigenvalue weighted by Gasteiger charge is -2.27. The Bertz CT molecular complexity index is 762. The maximum Gasteiger partial charge on any atom is 0.410 e. The molecule has 0 unspecified atom stereocenters. The molecule has 134 valence electrons. The van der Waals surface area contributed by atoms with Gasteiger partial charge in [-0.2, -0.15) is 0 Å². The van der Waals surface area contributed by atoms with Gasteiger partial charge < -0.3 is 9.72 Å². The molecule has 1 N–H and O–H groups in total. The van der Waals surface area contributed by atoms with Gasteiger partial charge in [-0.25, -0.2) is 9.78 Å². The molecule has 6 heteroatoms. The van der Waals surface area contributed by atoms with Gasteiger partial charge in [-0.1, -0.05) is 28.1 Å². The quantitative estimate of drug-likeness (QED) is 0.744. The zero-order valence-electron chi connectivity index (χ0n) is 15.1. The van der Waals surface area contributed by atoms with Crippen molar-refractivity contribution in [3.05, 3.63) is 40.3 Å². The predicted molar refractivity (Wildman–Crippen MR) is 101 cm³/mol. The predicted octanol–water partition coefficient (Wildman–Crippen LogP) is 5.22. The second kappa shape index (κ2) is 6.83. The molecule has 0 aliphatic carbocycles. The number of benzene rings is 1. The fourth-order valence-electron chi connectivity index (χ4n) is 3.12. The van der Waals surface area contributed by atoms with E-state index in [2.05, 4.69) is 20.9 Å². The van der Waals surface area contributed by atoms with E-state index in [1.54, 1.807) is 4.90 Å². The summed E-state index contributed by atoms with van der Waals surface area (Å²) in [5, 5.41) is 0. The molecule has 0 bridgehead atoms. The minimum atomic E-state index is -0.494. The molecule has 1 aliphatic heterocycles. The van der Waals surface area contributed by atoms with E-state index in [1.165, 1.54) is 0 Å². The highest BCUT2D eigenvalue weighted by Crippen LogP contribution is 2.34. The first kappa shape index (κ1) is 18.0. The smallest absolute Gasteiger partial charge is 0.410 e. The number of carbonyl (C=O) groups excluding carboxylic acids is 1. The molecule has 1 aliphatic rings. The first-order chi connectivity index (χ1) is 11.7. The van der Waals surface area contributed by atoms with E-state index in [0.717, 1.165) is 40.1 Å². The van der Waals surface area contributed by atoms with Crippen molar-refractivity contribution in [2.75, 3.05) is 6.54 Å². The van der Waals surface area contributed by atoms with Crippen molar-refractivity contribution < 1.29 is 9.53 Å². The second-order valence-corrected chi connectivity index (χ2v) is 8.35. The summed E-state index contributed by atoms with van der Waals surface area (Å²) in [7, 11) is 0. The fraction of sp³-hybridized carbons (Fsp3) is 0.474. The van der Waals surface area contributed by atoms with Gasteiger partial charge in [0.2, 0.25) is 0 Å². The van der Waals surface area contributed by atoms with Crippen LogP contribution in [0.15, 0.2) is 28.7 Å². The molecule has 2 heterocycles. The van der Waals surface area contributed by atoms with Crippen molar-refractivity contribution in [2.24, 2.45) is 0 Å². The number of hydrogen-bond acceptors (Lipinski definition) is 3. The zero-order chi connectivity index (χ0) is 18.2. The highest BCUT2D eigenvalue weighted by molar-refractivity contribution is 9.10. The maximum atomic E-state index is 12.5. The summed E-state index contributed by atoms with van der Waals surface area (Å²) in [6, 6.07) is 8.03. The summed E-state index contributed by atoms with van der Waals surface area (Å²) in [6.45, 7) is 8.38. The highest BCUT2D eigenvalue weighted by Gasteiger charge is 2.35. The van der Waals surface area contributed by atoms with Gasteiger partial charge in [0.1, 0.15) is 11.4 Å². The van der Waals surface area contributed by atoms with Crippen molar-refractivity contribution in [1.29, 1.82) is 0 Å². The van der Waals surface area contributed by atoms with E-state index < -0.39 is 5.60 Å². The van der Waals surface area contributed by atoms with E-state index in [9.17, 15) is 4.79 Å². The monoisotopic (exact) mass is 405 g/mol. The third-order valence-corrected chi connectivity index (χ3v) is 4.75. The molecule has 1 fully saturated rings. The Morgan fingerprint density at radius 2 is 2.00 bits per heavy atom. The number of aromatic amines is 1. The van der Waals surface area contributed by atoms with Crippen LogP contribution in [0.2, 0.25) is 0 Å². The molecule has 0 saturated carbocycles. The molecule has 1 aromatic carbocycles. The first-order valence-corrected chi connectivity index (χ1v) is 9.36. The number of imidazole rings is 1. The first-order valence-electron chi connectivity index (χ1n) is 8.56. The summed E-state index contributed by atoms with van der Waals surface area (Å²) in [5.41, 5.74) is 2.50. The minimum Gasteiger partial charge on any atom is -0.444 e. The number of ether oxygens (including phenoxy) is 1. The Morgan fingerprint density at radius 3 is 2.64 bits per heavy atom. The molecular weight excluding hydrogens is 382 g/mol. The van der Waals surface area contributed by atoms with Crippen LogP contribution in [0.25, 0.3) is 11.3 Å². The molecule has 2 aromatic rings. The molecule has 5 nitrogen and oxygen atoms in total. The van der Waals surface area contributed by atoms with Crippen molar-refractivity contribution in [2.45, 2.75) is 52.2 Å². The standard InChI is InChI=1S/C19H24BrN3O2/c1-12-16(13-7-9-14(20)10-8-13)22-17(21-12)15-6-5-11-23(15)18(24)25-19(2,3)4/h7-10,15H,5-6,11H2,1-4H3,(H,21,22)/t15-/m0/s1. The summed E-state index contributed by atoms with van der Waals surface area (Å²) >= 11 is 3.46. The Morgan fingerprint density at radius 1 is 1.32 bits per heavy atom. The number of likely N-dealkylation sites (tertiary alicyclic amines) is 1. The van der Waals surface area contributed by atoms with Crippen molar-refractivity contribution in [3.8, 4) is 11.3 Å². The van der Waals surface area contributed by atoms with Crippen LogP contribution in [-0.4, -0.2) is 33.1 Å². The van der Waals surface area contributed by atoms with Gasteiger partial charge in [0.15, 0.2) is 0 Å². The fourth-order valence-corrected chi connectivity index (χ4v) is 3.38. The second-order valence-electron chi connectivity index (χ2n) is 7.43. The number of halogens is 1. The molecule has 0 spiro atoms. The average molecular weight is 406 g/mol. The Labute approximate surface area is 156 Å². The Kier molecular flexibility index (Phi) is 4.91. The molecule has 1 amide bonds. The number of aryl methyl sites for hydroxylation is 1. The molecule has 1 saturated heterocycles. The van der Waals surface area contributed by atoms with Crippen LogP contribution in [0.5, 0.6) is 0 Å². The topological polar surface area (TPSA) is 58.2 Å². The SMILES string of the molecule is Cc1[nH]c([C@@H]2CCCN2C(=O)OC(C)(C)C)nc1-c1ccc(Br)cc1. The number of nitrogens with zero attached hydrogens (tertiary/aromatic N) is 2. The van der Waals surface area contributed by atoms with Crippen molar-refractivity contribution in [1.82, 2.24) is 14.9 Å². The Hall–Kier alpha value is -1.82. The van der Waals surface area contributed by atoms with E-state index in [-0.39, 0.29) is 12.1 Å². The van der Waals surface area contributed by atoms with E-state index >= 15 is 0 Å². The molecule has 1 atom stereocenters. The van der Waals surface area contributed by atoms with Crippen molar-refractivity contribution in [3.63, 3.8) is 0 Å². The number of nitrogens with one attached hydrogen (secondary N) is 1. The normalized spacial score (nSPS) is 17.8. The maximum absolute atomic E-state index is 12.5. The molecule has 25 heavy (non-hydrogen) atoms. The third kappa shape index (κ3) is 4.06. The van der Waals surface area contributed by atoms with Crippen LogP contribution in [0.3, 0.4) is 0 Å². The van der Waals surface area contributed by atoms with Crippen LogP contribution >= 0.6 is 15.9 Å². The minimum absolute atomic E-state index is 0.0576. The van der Waals surface area contributed by atoms with Gasteiger partial charge in [0, 0.05) is 22.3 Å². The number of carbonyl (C=O) groups is 1. The Balaban J connectivity index is 1.85. The zero-order valence-corrected chi connectivity index (χ0v) is 16.7. The van der Waals surface area contributed by atoms with Gasteiger partial charge in [0.25, 0.3) is 0 Å². The largest absolute Gasteiger partial charge is 0.444 e. The van der Waals surface area contributed by atoms with Gasteiger partial charge >= 0.3 is 6.09 Å². The summed E-state index contributed by atoms with van der Waals surface area (Å²) in [6.07, 6.45) is 1.58. The lowest BCUT2D eigenvalue weighted by molar-refractivity contribution is 0.0218. The van der Waals surface area contributed by atoms with Gasteiger partial charge in [-0.05, 0) is 52.7 Å². The van der Waals surface area contributed by atoms with Crippen LogP contribution in [0.4, 0.5) is 4.79 Å². The van der Waals surface area contributed by atoms with Crippen LogP contribution in [-0.2, 0) is 4.74 Å². The van der Waals surface area contributed by atoms with E-state index in [4.69, 9.17) is 9.72 Å². The van der Waals surface area contributed by atoms with Crippen LogP contribution in [0, 0.1) is 6.92 Å². The summed E-state index contributed by atoms with van der Waals surface area (Å²) < 4.78 is 6.59. The average Bonchev–Trinajstić information content (AvgIpc) is 3.13. The van der Waals surface area contributed by atoms with E-state index in [1.807, 2.05) is 52.0 Å². The molecule has 0 radical (unpaired) electrons. The highest BCUT2D eigenvalue weighted by atomic mass is 79.9. The van der Waals surface area contributed by atoms with E-state index in [0.29, 0.717) is 6.54 Å². The molecular formula is C19H24BrN3O2. The van der Waals surface area contributed by atoms with Crippen LogP contribution < -0.4 is 0 Å². The van der Waals surface area contributed by atoms with Gasteiger partial charge in [0.05, 0.1) is 11.7 Å². The van der Waals surface area contributed by atoms with Gasteiger partial charge in [-0.3, -0.25) is 4.90 Å². The number of aromatic nitrogens is 2. The number of rotatable bonds is 2. The molecule has 3 rings (SSSR count).